The molecule has 4 nitrogen and oxygen atoms in total. The average molecular weight is 332 g/mol. The van der Waals surface area contributed by atoms with E-state index >= 15 is 0 Å². The largest absolute Gasteiger partial charge is 0.356 e. The highest BCUT2D eigenvalue weighted by Crippen LogP contribution is 2.23. The molecule has 2 rings (SSSR count). The fourth-order valence-electron chi connectivity index (χ4n) is 2.13. The molecule has 1 fully saturated rings. The predicted octanol–water partition coefficient (Wildman–Crippen LogP) is 1.61. The number of hydrogen-bond acceptors (Lipinski definition) is 4. The summed E-state index contributed by atoms with van der Waals surface area (Å²) < 4.78 is 1.14. The maximum Gasteiger partial charge on any atom is 0.145 e. The van der Waals surface area contributed by atoms with Crippen molar-refractivity contribution in [2.75, 3.05) is 32.1 Å². The van der Waals surface area contributed by atoms with Gasteiger partial charge in [0.2, 0.25) is 0 Å². The van der Waals surface area contributed by atoms with Gasteiger partial charge in [-0.15, -0.1) is 0 Å². The third kappa shape index (κ3) is 2.63. The fraction of sp³-hybridized carbons (Fsp3) is 0.636. The third-order valence-electron chi connectivity index (χ3n) is 3.14. The lowest BCUT2D eigenvalue weighted by Gasteiger charge is -2.36. The predicted molar refractivity (Wildman–Crippen MR) is 73.7 cm³/mol. The first-order chi connectivity index (χ1) is 7.68. The second kappa shape index (κ2) is 5.27. The van der Waals surface area contributed by atoms with E-state index in [9.17, 15) is 0 Å². The van der Waals surface area contributed by atoms with Crippen molar-refractivity contribution in [2.45, 2.75) is 18.9 Å². The lowest BCUT2D eigenvalue weighted by Crippen LogP contribution is -2.42. The topological polar surface area (TPSA) is 32.3 Å². The molecular weight excluding hydrogens is 315 g/mol. The van der Waals surface area contributed by atoms with Gasteiger partial charge in [-0.05, 0) is 49.5 Å². The van der Waals surface area contributed by atoms with E-state index in [0.29, 0.717) is 0 Å². The van der Waals surface area contributed by atoms with Gasteiger partial charge in [0.25, 0.3) is 0 Å². The second-order valence-electron chi connectivity index (χ2n) is 4.38. The van der Waals surface area contributed by atoms with E-state index in [1.165, 1.54) is 12.8 Å². The van der Waals surface area contributed by atoms with E-state index in [2.05, 4.69) is 56.5 Å². The van der Waals surface area contributed by atoms with Crippen LogP contribution in [0, 0.1) is 3.57 Å². The van der Waals surface area contributed by atoms with Crippen molar-refractivity contribution in [3.8, 4) is 0 Å². The molecule has 0 unspecified atom stereocenters. The molecule has 1 aromatic heterocycles. The van der Waals surface area contributed by atoms with Crippen molar-refractivity contribution in [2.24, 2.45) is 0 Å². The van der Waals surface area contributed by atoms with Crippen LogP contribution in [0.4, 0.5) is 5.82 Å². The molecule has 0 aliphatic carbocycles. The van der Waals surface area contributed by atoms with Gasteiger partial charge in [-0.2, -0.15) is 0 Å². The molecule has 16 heavy (non-hydrogen) atoms. The Hall–Kier alpha value is -0.430. The number of piperidine rings is 1. The first-order valence-corrected chi connectivity index (χ1v) is 6.63. The standard InChI is InChI=1S/C11H17IN4/c1-15(2)9-3-5-16(6-4-9)11-10(12)7-13-8-14-11/h7-9H,3-6H2,1-2H3. The van der Waals surface area contributed by atoms with Crippen LogP contribution in [0.3, 0.4) is 0 Å². The molecule has 1 aliphatic rings. The third-order valence-corrected chi connectivity index (χ3v) is 3.90. The maximum absolute atomic E-state index is 4.37. The zero-order valence-electron chi connectivity index (χ0n) is 9.73. The summed E-state index contributed by atoms with van der Waals surface area (Å²) in [7, 11) is 4.32. The van der Waals surface area contributed by atoms with Gasteiger partial charge in [0.15, 0.2) is 0 Å². The second-order valence-corrected chi connectivity index (χ2v) is 5.54. The highest BCUT2D eigenvalue weighted by atomic mass is 127. The Kier molecular flexibility index (Phi) is 3.96. The number of hydrogen-bond donors (Lipinski definition) is 0. The minimum absolute atomic E-state index is 0.718. The van der Waals surface area contributed by atoms with Crippen LogP contribution in [0.1, 0.15) is 12.8 Å². The molecule has 0 radical (unpaired) electrons. The van der Waals surface area contributed by atoms with Gasteiger partial charge in [0, 0.05) is 25.3 Å². The van der Waals surface area contributed by atoms with Crippen molar-refractivity contribution in [1.82, 2.24) is 14.9 Å². The van der Waals surface area contributed by atoms with Crippen molar-refractivity contribution >= 4 is 28.4 Å². The van der Waals surface area contributed by atoms with Crippen LogP contribution in [0.5, 0.6) is 0 Å². The molecule has 0 atom stereocenters. The fourth-order valence-corrected chi connectivity index (χ4v) is 2.77. The van der Waals surface area contributed by atoms with Gasteiger partial charge in [0.1, 0.15) is 12.1 Å². The monoisotopic (exact) mass is 332 g/mol. The molecule has 0 amide bonds. The molecule has 0 bridgehead atoms. The molecule has 88 valence electrons. The molecule has 1 saturated heterocycles. The molecule has 0 N–H and O–H groups in total. The van der Waals surface area contributed by atoms with Crippen molar-refractivity contribution in [1.29, 1.82) is 0 Å². The van der Waals surface area contributed by atoms with E-state index in [1.54, 1.807) is 6.33 Å². The quantitative estimate of drug-likeness (QED) is 0.771. The van der Waals surface area contributed by atoms with Crippen molar-refractivity contribution in [3.05, 3.63) is 16.1 Å². The van der Waals surface area contributed by atoms with Crippen LogP contribution in [-0.4, -0.2) is 48.1 Å². The Bertz CT molecular complexity index is 348. The summed E-state index contributed by atoms with van der Waals surface area (Å²) in [6.45, 7) is 2.19. The summed E-state index contributed by atoms with van der Waals surface area (Å²) in [4.78, 5) is 13.1. The van der Waals surface area contributed by atoms with E-state index < -0.39 is 0 Å². The number of halogens is 1. The first-order valence-electron chi connectivity index (χ1n) is 5.55. The molecule has 0 spiro atoms. The molecule has 5 heteroatoms. The highest BCUT2D eigenvalue weighted by molar-refractivity contribution is 14.1. The van der Waals surface area contributed by atoms with Crippen LogP contribution < -0.4 is 4.90 Å². The lowest BCUT2D eigenvalue weighted by molar-refractivity contribution is 0.249. The lowest BCUT2D eigenvalue weighted by atomic mass is 10.0. The summed E-state index contributed by atoms with van der Waals surface area (Å²) in [5.74, 6) is 1.09. The van der Waals surface area contributed by atoms with Gasteiger partial charge >= 0.3 is 0 Å². The molecule has 0 saturated carbocycles. The van der Waals surface area contributed by atoms with Crippen LogP contribution >= 0.6 is 22.6 Å². The normalized spacial score (nSPS) is 18.1. The maximum atomic E-state index is 4.37. The van der Waals surface area contributed by atoms with E-state index in [-0.39, 0.29) is 0 Å². The smallest absolute Gasteiger partial charge is 0.145 e. The summed E-state index contributed by atoms with van der Waals surface area (Å²) in [5.41, 5.74) is 0. The number of anilines is 1. The van der Waals surface area contributed by atoms with Crippen molar-refractivity contribution < 1.29 is 0 Å². The van der Waals surface area contributed by atoms with Gasteiger partial charge in [0.05, 0.1) is 3.57 Å². The average Bonchev–Trinajstić information content (AvgIpc) is 2.30. The molecule has 2 heterocycles. The Morgan fingerprint density at radius 1 is 1.38 bits per heavy atom. The van der Waals surface area contributed by atoms with Gasteiger partial charge < -0.3 is 9.80 Å². The highest BCUT2D eigenvalue weighted by Gasteiger charge is 2.22. The summed E-state index contributed by atoms with van der Waals surface area (Å²) in [6.07, 6.45) is 5.94. The minimum atomic E-state index is 0.718. The summed E-state index contributed by atoms with van der Waals surface area (Å²) in [6, 6.07) is 0.718. The van der Waals surface area contributed by atoms with Gasteiger partial charge in [-0.1, -0.05) is 0 Å². The van der Waals surface area contributed by atoms with Crippen LogP contribution in [0.2, 0.25) is 0 Å². The zero-order chi connectivity index (χ0) is 11.5. The number of aromatic nitrogens is 2. The molecule has 1 aromatic rings. The van der Waals surface area contributed by atoms with E-state index in [4.69, 9.17) is 0 Å². The van der Waals surface area contributed by atoms with Crippen LogP contribution in [-0.2, 0) is 0 Å². The van der Waals surface area contributed by atoms with Crippen LogP contribution in [0.15, 0.2) is 12.5 Å². The number of nitrogens with zero attached hydrogens (tertiary/aromatic N) is 4. The Morgan fingerprint density at radius 2 is 2.06 bits per heavy atom. The number of rotatable bonds is 2. The van der Waals surface area contributed by atoms with E-state index in [1.807, 2.05) is 6.20 Å². The summed E-state index contributed by atoms with van der Waals surface area (Å²) >= 11 is 2.30. The molecule has 0 aromatic carbocycles. The van der Waals surface area contributed by atoms with Gasteiger partial charge in [-0.3, -0.25) is 0 Å². The molecular formula is C11H17IN4. The SMILES string of the molecule is CN(C)C1CCN(c2ncncc2I)CC1. The van der Waals surface area contributed by atoms with E-state index in [0.717, 1.165) is 28.5 Å². The summed E-state index contributed by atoms with van der Waals surface area (Å²) in [5, 5.41) is 0. The molecule has 1 aliphatic heterocycles. The minimum Gasteiger partial charge on any atom is -0.356 e. The Labute approximate surface area is 110 Å². The zero-order valence-corrected chi connectivity index (χ0v) is 11.9. The first kappa shape index (κ1) is 12.0. The van der Waals surface area contributed by atoms with Crippen LogP contribution in [0.25, 0.3) is 0 Å². The Balaban J connectivity index is 2.02. The van der Waals surface area contributed by atoms with Gasteiger partial charge in [-0.25, -0.2) is 9.97 Å². The Morgan fingerprint density at radius 3 is 2.62 bits per heavy atom. The van der Waals surface area contributed by atoms with Crippen molar-refractivity contribution in [3.63, 3.8) is 0 Å².